The normalized spacial score (nSPS) is 10.2. The Labute approximate surface area is 125 Å². The Morgan fingerprint density at radius 2 is 2.00 bits per heavy atom. The van der Waals surface area contributed by atoms with Crippen LogP contribution in [0.1, 0.15) is 6.42 Å². The third-order valence-electron chi connectivity index (χ3n) is 2.36. The minimum atomic E-state index is 0.00957. The van der Waals surface area contributed by atoms with Gasteiger partial charge in [0, 0.05) is 22.8 Å². The van der Waals surface area contributed by atoms with E-state index in [1.165, 1.54) is 0 Å². The number of amides is 1. The molecule has 19 heavy (non-hydrogen) atoms. The van der Waals surface area contributed by atoms with Crippen molar-refractivity contribution in [2.24, 2.45) is 0 Å². The second-order valence-corrected chi connectivity index (χ2v) is 5.76. The van der Waals surface area contributed by atoms with Crippen LogP contribution in [0.15, 0.2) is 58.2 Å². The van der Waals surface area contributed by atoms with Crippen molar-refractivity contribution in [3.63, 3.8) is 0 Å². The molecule has 5 heteroatoms. The van der Waals surface area contributed by atoms with E-state index in [2.05, 4.69) is 26.2 Å². The highest BCUT2D eigenvalue weighted by Crippen LogP contribution is 2.21. The van der Waals surface area contributed by atoms with Crippen LogP contribution in [0.25, 0.3) is 0 Å². The lowest BCUT2D eigenvalue weighted by Gasteiger charge is -2.06. The quantitative estimate of drug-likeness (QED) is 0.840. The summed E-state index contributed by atoms with van der Waals surface area (Å²) in [4.78, 5) is 16.0. The fourth-order valence-electron chi connectivity index (χ4n) is 1.46. The molecule has 0 aliphatic heterocycles. The topological polar surface area (TPSA) is 42.0 Å². The number of hydrogen-bond acceptors (Lipinski definition) is 3. The van der Waals surface area contributed by atoms with E-state index in [0.717, 1.165) is 15.2 Å². The summed E-state index contributed by atoms with van der Waals surface area (Å²) in [5.74, 6) is 0.725. The minimum absolute atomic E-state index is 0.00957. The van der Waals surface area contributed by atoms with Gasteiger partial charge in [-0.3, -0.25) is 4.79 Å². The van der Waals surface area contributed by atoms with Crippen LogP contribution in [-0.2, 0) is 4.79 Å². The van der Waals surface area contributed by atoms with Crippen LogP contribution >= 0.6 is 27.7 Å². The van der Waals surface area contributed by atoms with Crippen LogP contribution in [0, 0.1) is 0 Å². The van der Waals surface area contributed by atoms with E-state index in [1.807, 2.05) is 42.5 Å². The summed E-state index contributed by atoms with van der Waals surface area (Å²) < 4.78 is 0.890. The SMILES string of the molecule is O=C(CCSc1ccccn1)Nc1ccccc1Br. The largest absolute Gasteiger partial charge is 0.325 e. The van der Waals surface area contributed by atoms with Gasteiger partial charge in [-0.25, -0.2) is 4.98 Å². The van der Waals surface area contributed by atoms with E-state index in [4.69, 9.17) is 0 Å². The van der Waals surface area contributed by atoms with Crippen molar-refractivity contribution in [1.29, 1.82) is 0 Å². The van der Waals surface area contributed by atoms with E-state index >= 15 is 0 Å². The molecule has 0 fully saturated rings. The van der Waals surface area contributed by atoms with Gasteiger partial charge in [-0.1, -0.05) is 18.2 Å². The molecule has 1 aromatic heterocycles. The monoisotopic (exact) mass is 336 g/mol. The molecule has 3 nitrogen and oxygen atoms in total. The van der Waals surface area contributed by atoms with E-state index < -0.39 is 0 Å². The first-order valence-corrected chi connectivity index (χ1v) is 7.62. The van der Waals surface area contributed by atoms with Crippen molar-refractivity contribution in [3.05, 3.63) is 53.1 Å². The molecule has 0 saturated heterocycles. The van der Waals surface area contributed by atoms with Gasteiger partial charge in [-0.15, -0.1) is 11.8 Å². The Morgan fingerprint density at radius 1 is 1.21 bits per heavy atom. The lowest BCUT2D eigenvalue weighted by molar-refractivity contribution is -0.115. The lowest BCUT2D eigenvalue weighted by Crippen LogP contribution is -2.12. The van der Waals surface area contributed by atoms with Gasteiger partial charge in [0.25, 0.3) is 0 Å². The molecule has 0 aliphatic rings. The highest BCUT2D eigenvalue weighted by Gasteiger charge is 2.05. The van der Waals surface area contributed by atoms with E-state index in [0.29, 0.717) is 12.2 Å². The second-order valence-electron chi connectivity index (χ2n) is 3.79. The molecule has 2 aromatic rings. The summed E-state index contributed by atoms with van der Waals surface area (Å²) in [5, 5.41) is 3.82. The molecule has 0 unspecified atom stereocenters. The molecule has 0 saturated carbocycles. The molecule has 0 bridgehead atoms. The number of aromatic nitrogens is 1. The van der Waals surface area contributed by atoms with Gasteiger partial charge in [0.05, 0.1) is 10.7 Å². The Morgan fingerprint density at radius 3 is 2.74 bits per heavy atom. The predicted molar refractivity (Wildman–Crippen MR) is 82.3 cm³/mol. The van der Waals surface area contributed by atoms with E-state index in [1.54, 1.807) is 18.0 Å². The third kappa shape index (κ3) is 4.69. The average molecular weight is 337 g/mol. The van der Waals surface area contributed by atoms with Crippen LogP contribution in [0.2, 0.25) is 0 Å². The minimum Gasteiger partial charge on any atom is -0.325 e. The Hall–Kier alpha value is -1.33. The molecule has 2 rings (SSSR count). The molecule has 1 aromatic carbocycles. The maximum Gasteiger partial charge on any atom is 0.225 e. The number of rotatable bonds is 5. The third-order valence-corrected chi connectivity index (χ3v) is 4.00. The summed E-state index contributed by atoms with van der Waals surface area (Å²) in [6.45, 7) is 0. The molecule has 1 heterocycles. The number of para-hydroxylation sites is 1. The summed E-state index contributed by atoms with van der Waals surface area (Å²) in [6.07, 6.45) is 2.21. The van der Waals surface area contributed by atoms with Gasteiger partial charge in [0.1, 0.15) is 0 Å². The zero-order chi connectivity index (χ0) is 13.5. The number of nitrogens with one attached hydrogen (secondary N) is 1. The summed E-state index contributed by atoms with van der Waals surface area (Å²) in [5.41, 5.74) is 0.801. The predicted octanol–water partition coefficient (Wildman–Crippen LogP) is 3.97. The molecular weight excluding hydrogens is 324 g/mol. The number of carbonyl (C=O) groups is 1. The molecule has 0 atom stereocenters. The van der Waals surface area contributed by atoms with Gasteiger partial charge in [-0.05, 0) is 40.2 Å². The van der Waals surface area contributed by atoms with E-state index in [-0.39, 0.29) is 5.91 Å². The van der Waals surface area contributed by atoms with E-state index in [9.17, 15) is 4.79 Å². The highest BCUT2D eigenvalue weighted by atomic mass is 79.9. The van der Waals surface area contributed by atoms with Crippen molar-refractivity contribution >= 4 is 39.3 Å². The number of nitrogens with zero attached hydrogens (tertiary/aromatic N) is 1. The lowest BCUT2D eigenvalue weighted by atomic mass is 10.3. The standard InChI is InChI=1S/C14H13BrN2OS/c15-11-5-1-2-6-12(11)17-13(18)8-10-19-14-7-3-4-9-16-14/h1-7,9H,8,10H2,(H,17,18). The van der Waals surface area contributed by atoms with Gasteiger partial charge < -0.3 is 5.32 Å². The number of anilines is 1. The number of halogens is 1. The van der Waals surface area contributed by atoms with Crippen LogP contribution in [0.3, 0.4) is 0 Å². The Bertz CT molecular complexity index is 548. The number of carbonyl (C=O) groups excluding carboxylic acids is 1. The number of benzene rings is 1. The summed E-state index contributed by atoms with van der Waals surface area (Å²) >= 11 is 4.98. The first kappa shape index (κ1) is 14.1. The maximum atomic E-state index is 11.8. The number of thioether (sulfide) groups is 1. The molecule has 0 aliphatic carbocycles. The van der Waals surface area contributed by atoms with Gasteiger partial charge in [-0.2, -0.15) is 0 Å². The van der Waals surface area contributed by atoms with Gasteiger partial charge >= 0.3 is 0 Å². The van der Waals surface area contributed by atoms with Gasteiger partial charge in [0.15, 0.2) is 0 Å². The zero-order valence-corrected chi connectivity index (χ0v) is 12.6. The fraction of sp³-hybridized carbons (Fsp3) is 0.143. The van der Waals surface area contributed by atoms with Crippen molar-refractivity contribution in [3.8, 4) is 0 Å². The fourth-order valence-corrected chi connectivity index (χ4v) is 2.65. The molecule has 98 valence electrons. The smallest absolute Gasteiger partial charge is 0.225 e. The number of hydrogen-bond donors (Lipinski definition) is 1. The summed E-state index contributed by atoms with van der Waals surface area (Å²) in [6, 6.07) is 13.3. The van der Waals surface area contributed by atoms with Crippen LogP contribution in [0.4, 0.5) is 5.69 Å². The number of pyridine rings is 1. The molecule has 1 N–H and O–H groups in total. The second kappa shape index (κ2) is 7.31. The van der Waals surface area contributed by atoms with Crippen LogP contribution < -0.4 is 5.32 Å². The van der Waals surface area contributed by atoms with Crippen LogP contribution in [-0.4, -0.2) is 16.6 Å². The average Bonchev–Trinajstić information content (AvgIpc) is 2.43. The molecule has 0 radical (unpaired) electrons. The highest BCUT2D eigenvalue weighted by molar-refractivity contribution is 9.10. The Kier molecular flexibility index (Phi) is 5.42. The molecule has 1 amide bonds. The Balaban J connectivity index is 1.78. The zero-order valence-electron chi connectivity index (χ0n) is 10.2. The van der Waals surface area contributed by atoms with Crippen molar-refractivity contribution in [1.82, 2.24) is 4.98 Å². The first-order chi connectivity index (χ1) is 9.25. The molecule has 0 spiro atoms. The van der Waals surface area contributed by atoms with Gasteiger partial charge in [0.2, 0.25) is 5.91 Å². The van der Waals surface area contributed by atoms with Crippen molar-refractivity contribution in [2.75, 3.05) is 11.1 Å². The first-order valence-electron chi connectivity index (χ1n) is 5.84. The van der Waals surface area contributed by atoms with Crippen molar-refractivity contribution < 1.29 is 4.79 Å². The van der Waals surface area contributed by atoms with Crippen molar-refractivity contribution in [2.45, 2.75) is 11.4 Å². The maximum absolute atomic E-state index is 11.8. The van der Waals surface area contributed by atoms with Crippen LogP contribution in [0.5, 0.6) is 0 Å². The molecular formula is C14H13BrN2OS. The summed E-state index contributed by atoms with van der Waals surface area (Å²) in [7, 11) is 0.